The zero-order valence-corrected chi connectivity index (χ0v) is 18.3. The van der Waals surface area contributed by atoms with Gasteiger partial charge >= 0.3 is 0 Å². The monoisotopic (exact) mass is 421 g/mol. The van der Waals surface area contributed by atoms with E-state index in [1.165, 1.54) is 24.8 Å². The normalized spacial score (nSPS) is 19.4. The largest absolute Gasteiger partial charge is 0.396 e. The molecule has 1 unspecified atom stereocenters. The summed E-state index contributed by atoms with van der Waals surface area (Å²) in [6.07, 6.45) is 7.89. The van der Waals surface area contributed by atoms with Crippen LogP contribution in [-0.2, 0) is 4.79 Å². The van der Waals surface area contributed by atoms with Crippen molar-refractivity contribution in [2.24, 2.45) is 4.99 Å². The van der Waals surface area contributed by atoms with Gasteiger partial charge in [0.2, 0.25) is 0 Å². The maximum atomic E-state index is 12.8. The molecule has 0 spiro atoms. The maximum absolute atomic E-state index is 12.8. The fourth-order valence-electron chi connectivity index (χ4n) is 4.64. The van der Waals surface area contributed by atoms with E-state index in [2.05, 4.69) is 32.3 Å². The van der Waals surface area contributed by atoms with Gasteiger partial charge in [-0.1, -0.05) is 37.5 Å². The van der Waals surface area contributed by atoms with E-state index < -0.39 is 0 Å². The molecule has 0 radical (unpaired) electrons. The third kappa shape index (κ3) is 4.61. The predicted molar refractivity (Wildman–Crippen MR) is 122 cm³/mol. The van der Waals surface area contributed by atoms with Gasteiger partial charge in [-0.15, -0.1) is 0 Å². The minimum atomic E-state index is -0.124. The number of nitrogens with one attached hydrogen (secondary N) is 1. The highest BCUT2D eigenvalue weighted by molar-refractivity contribution is 6.38. The molecule has 1 atom stereocenters. The van der Waals surface area contributed by atoms with Gasteiger partial charge in [0, 0.05) is 30.8 Å². The average Bonchev–Trinajstić information content (AvgIpc) is 3.14. The number of aryl methyl sites for hydroxylation is 1. The van der Waals surface area contributed by atoms with Crippen LogP contribution in [0.5, 0.6) is 0 Å². The van der Waals surface area contributed by atoms with Crippen LogP contribution in [0.15, 0.2) is 35.6 Å². The Labute approximate surface area is 183 Å². The Hall–Kier alpha value is -2.80. The van der Waals surface area contributed by atoms with Gasteiger partial charge in [-0.3, -0.25) is 4.79 Å². The Morgan fingerprint density at radius 1 is 1.23 bits per heavy atom. The molecule has 0 bridgehead atoms. The predicted octanol–water partition coefficient (Wildman–Crippen LogP) is 3.94. The lowest BCUT2D eigenvalue weighted by molar-refractivity contribution is -0.115. The minimum Gasteiger partial charge on any atom is -0.396 e. The summed E-state index contributed by atoms with van der Waals surface area (Å²) in [5, 5.41) is 12.6. The third-order valence-corrected chi connectivity index (χ3v) is 6.34. The summed E-state index contributed by atoms with van der Waals surface area (Å²) in [5.41, 5.74) is 4.05. The van der Waals surface area contributed by atoms with E-state index in [-0.39, 0.29) is 24.5 Å². The first kappa shape index (κ1) is 21.4. The first-order valence-electron chi connectivity index (χ1n) is 11.2. The van der Waals surface area contributed by atoms with Crippen LogP contribution >= 0.6 is 0 Å². The van der Waals surface area contributed by atoms with Crippen molar-refractivity contribution in [2.75, 3.05) is 18.1 Å². The van der Waals surface area contributed by atoms with E-state index in [0.29, 0.717) is 30.2 Å². The van der Waals surface area contributed by atoms with E-state index in [0.717, 1.165) is 24.2 Å². The fraction of sp³-hybridized carbons (Fsp3) is 0.500. The van der Waals surface area contributed by atoms with Crippen molar-refractivity contribution in [3.63, 3.8) is 0 Å². The second-order valence-electron chi connectivity index (χ2n) is 8.52. The number of fused-ring (bicyclic) bond motifs is 1. The zero-order valence-electron chi connectivity index (χ0n) is 18.3. The molecule has 164 valence electrons. The number of hydrogen-bond acceptors (Lipinski definition) is 6. The lowest BCUT2D eigenvalue weighted by Crippen LogP contribution is -2.39. The molecule has 7 heteroatoms. The minimum absolute atomic E-state index is 0.124. The summed E-state index contributed by atoms with van der Waals surface area (Å²) in [6.45, 7) is 4.50. The van der Waals surface area contributed by atoms with Crippen molar-refractivity contribution >= 4 is 28.8 Å². The number of aliphatic hydroxyl groups excluding tert-OH is 1. The first-order chi connectivity index (χ1) is 15.1. The molecule has 1 amide bonds. The molecule has 1 aromatic heterocycles. The molecule has 1 aromatic carbocycles. The molecule has 1 fully saturated rings. The van der Waals surface area contributed by atoms with Crippen LogP contribution in [-0.4, -0.2) is 45.9 Å². The Bertz CT molecular complexity index is 968. The summed E-state index contributed by atoms with van der Waals surface area (Å²) in [6, 6.07) is 8.45. The number of rotatable bonds is 6. The number of benzene rings is 1. The number of hydrogen-bond donors (Lipinski definition) is 2. The van der Waals surface area contributed by atoms with Gasteiger partial charge in [0.25, 0.3) is 5.91 Å². The Morgan fingerprint density at radius 3 is 2.77 bits per heavy atom. The molecule has 7 nitrogen and oxygen atoms in total. The second-order valence-corrected chi connectivity index (χ2v) is 8.52. The number of aliphatic hydroxyl groups is 1. The van der Waals surface area contributed by atoms with Crippen LogP contribution < -0.4 is 10.2 Å². The lowest BCUT2D eigenvalue weighted by atomic mass is 9.95. The molecule has 31 heavy (non-hydrogen) atoms. The SMILES string of the molecule is C/C(=N\c1c(C)ncnc1N1CC(CCO)c2ccccc21)C(=O)NC1CCCCC1. The van der Waals surface area contributed by atoms with E-state index >= 15 is 0 Å². The summed E-state index contributed by atoms with van der Waals surface area (Å²) in [5.74, 6) is 0.801. The van der Waals surface area contributed by atoms with E-state index in [4.69, 9.17) is 4.99 Å². The molecule has 2 heterocycles. The summed E-state index contributed by atoms with van der Waals surface area (Å²) in [4.78, 5) is 28.5. The number of nitrogens with zero attached hydrogens (tertiary/aromatic N) is 4. The van der Waals surface area contributed by atoms with Crippen molar-refractivity contribution in [3.8, 4) is 0 Å². The molecule has 1 saturated carbocycles. The molecule has 2 aromatic rings. The van der Waals surface area contributed by atoms with Gasteiger partial charge in [-0.2, -0.15) is 0 Å². The number of aliphatic imine (C=N–C) groups is 1. The molecule has 2 N–H and O–H groups in total. The van der Waals surface area contributed by atoms with Gasteiger partial charge in [0.05, 0.1) is 5.69 Å². The average molecular weight is 422 g/mol. The van der Waals surface area contributed by atoms with Gasteiger partial charge in [0.15, 0.2) is 5.82 Å². The molecule has 1 aliphatic heterocycles. The highest BCUT2D eigenvalue weighted by atomic mass is 16.3. The topological polar surface area (TPSA) is 90.7 Å². The Balaban J connectivity index is 1.63. The molecule has 0 saturated heterocycles. The Kier molecular flexibility index (Phi) is 6.61. The van der Waals surface area contributed by atoms with Gasteiger partial charge in [0.1, 0.15) is 17.7 Å². The van der Waals surface area contributed by atoms with Gasteiger partial charge in [-0.25, -0.2) is 15.0 Å². The summed E-state index contributed by atoms with van der Waals surface area (Å²) in [7, 11) is 0. The van der Waals surface area contributed by atoms with E-state index in [1.54, 1.807) is 13.3 Å². The Morgan fingerprint density at radius 2 is 2.00 bits per heavy atom. The van der Waals surface area contributed by atoms with Gasteiger partial charge in [-0.05, 0) is 44.7 Å². The van der Waals surface area contributed by atoms with Crippen LogP contribution in [0.1, 0.15) is 62.6 Å². The number of para-hydroxylation sites is 1. The van der Waals surface area contributed by atoms with Crippen LogP contribution in [0, 0.1) is 6.92 Å². The second kappa shape index (κ2) is 9.56. The third-order valence-electron chi connectivity index (χ3n) is 6.34. The van der Waals surface area contributed by atoms with E-state index in [1.807, 2.05) is 19.1 Å². The molecule has 2 aliphatic rings. The maximum Gasteiger partial charge on any atom is 0.265 e. The number of amides is 1. The van der Waals surface area contributed by atoms with Crippen LogP contribution in [0.2, 0.25) is 0 Å². The highest BCUT2D eigenvalue weighted by Gasteiger charge is 2.31. The smallest absolute Gasteiger partial charge is 0.265 e. The first-order valence-corrected chi connectivity index (χ1v) is 11.2. The fourth-order valence-corrected chi connectivity index (χ4v) is 4.64. The number of carbonyl (C=O) groups excluding carboxylic acids is 1. The van der Waals surface area contributed by atoms with Crippen molar-refractivity contribution in [3.05, 3.63) is 41.9 Å². The van der Waals surface area contributed by atoms with Gasteiger partial charge < -0.3 is 15.3 Å². The molecular weight excluding hydrogens is 390 g/mol. The lowest BCUT2D eigenvalue weighted by Gasteiger charge is -2.23. The zero-order chi connectivity index (χ0) is 21.8. The van der Waals surface area contributed by atoms with Crippen LogP contribution in [0.25, 0.3) is 0 Å². The van der Waals surface area contributed by atoms with Crippen molar-refractivity contribution in [1.29, 1.82) is 0 Å². The number of aromatic nitrogens is 2. The van der Waals surface area contributed by atoms with Crippen molar-refractivity contribution < 1.29 is 9.90 Å². The molecule has 1 aliphatic carbocycles. The van der Waals surface area contributed by atoms with Crippen molar-refractivity contribution in [1.82, 2.24) is 15.3 Å². The summed E-state index contributed by atoms with van der Waals surface area (Å²) >= 11 is 0. The highest BCUT2D eigenvalue weighted by Crippen LogP contribution is 2.44. The molecule has 4 rings (SSSR count). The van der Waals surface area contributed by atoms with Crippen LogP contribution in [0.3, 0.4) is 0 Å². The standard InChI is InChI=1S/C24H31N5O2/c1-16-22(27-17(2)24(31)28-19-8-4-3-5-9-19)23(26-15-25-16)29-14-18(12-13-30)20-10-6-7-11-21(20)29/h6-7,10-11,15,18-19,30H,3-5,8-9,12-14H2,1-2H3,(H,28,31)/b27-17+. The van der Waals surface area contributed by atoms with Crippen molar-refractivity contribution in [2.45, 2.75) is 64.3 Å². The molecular formula is C24H31N5O2. The van der Waals surface area contributed by atoms with E-state index in [9.17, 15) is 9.90 Å². The van der Waals surface area contributed by atoms with Crippen LogP contribution in [0.4, 0.5) is 17.2 Å². The number of carbonyl (C=O) groups is 1. The number of anilines is 2. The quantitative estimate of drug-likeness (QED) is 0.690. The summed E-state index contributed by atoms with van der Waals surface area (Å²) < 4.78 is 0.